The summed E-state index contributed by atoms with van der Waals surface area (Å²) in [5, 5.41) is 11.7. The SMILES string of the molecule is CCOc1[nH]n2c(=O)cc(C)nc2c1C#N. The summed E-state index contributed by atoms with van der Waals surface area (Å²) < 4.78 is 6.43. The molecule has 16 heavy (non-hydrogen) atoms. The zero-order chi connectivity index (χ0) is 11.7. The molecule has 2 aromatic heterocycles. The highest BCUT2D eigenvalue weighted by molar-refractivity contribution is 5.60. The van der Waals surface area contributed by atoms with Crippen molar-refractivity contribution in [3.8, 4) is 11.9 Å². The Labute approximate surface area is 91.1 Å². The molecular formula is C10H10N4O2. The van der Waals surface area contributed by atoms with Gasteiger partial charge in [0.05, 0.1) is 6.61 Å². The maximum atomic E-state index is 11.6. The molecule has 0 atom stereocenters. The van der Waals surface area contributed by atoms with Gasteiger partial charge in [0, 0.05) is 11.8 Å². The average molecular weight is 218 g/mol. The summed E-state index contributed by atoms with van der Waals surface area (Å²) in [6, 6.07) is 3.37. The van der Waals surface area contributed by atoms with Crippen LogP contribution in [0.4, 0.5) is 0 Å². The molecule has 2 aromatic rings. The van der Waals surface area contributed by atoms with Crippen LogP contribution in [-0.4, -0.2) is 21.2 Å². The van der Waals surface area contributed by atoms with Crippen molar-refractivity contribution in [2.75, 3.05) is 6.61 Å². The number of ether oxygens (including phenoxy) is 1. The number of H-pyrrole nitrogens is 1. The van der Waals surface area contributed by atoms with E-state index in [9.17, 15) is 4.79 Å². The molecule has 0 aliphatic rings. The Kier molecular flexibility index (Phi) is 2.37. The normalized spacial score (nSPS) is 10.3. The Morgan fingerprint density at radius 3 is 3.06 bits per heavy atom. The Morgan fingerprint density at radius 2 is 2.44 bits per heavy atom. The maximum absolute atomic E-state index is 11.6. The largest absolute Gasteiger partial charge is 0.477 e. The molecule has 0 saturated carbocycles. The number of aromatic amines is 1. The minimum absolute atomic E-state index is 0.252. The summed E-state index contributed by atoms with van der Waals surface area (Å²) >= 11 is 0. The van der Waals surface area contributed by atoms with E-state index in [2.05, 4.69) is 10.1 Å². The van der Waals surface area contributed by atoms with E-state index >= 15 is 0 Å². The third-order valence-electron chi connectivity index (χ3n) is 2.11. The van der Waals surface area contributed by atoms with Crippen LogP contribution in [0, 0.1) is 18.3 Å². The van der Waals surface area contributed by atoms with Gasteiger partial charge in [-0.25, -0.2) is 4.98 Å². The molecule has 0 aliphatic heterocycles. The smallest absolute Gasteiger partial charge is 0.273 e. The average Bonchev–Trinajstić information content (AvgIpc) is 2.56. The van der Waals surface area contributed by atoms with Gasteiger partial charge in [-0.15, -0.1) is 0 Å². The molecule has 6 heteroatoms. The summed E-state index contributed by atoms with van der Waals surface area (Å²) in [6.07, 6.45) is 0. The topological polar surface area (TPSA) is 83.2 Å². The van der Waals surface area contributed by atoms with Crippen molar-refractivity contribution in [1.29, 1.82) is 5.26 Å². The number of nitrogens with one attached hydrogen (secondary N) is 1. The van der Waals surface area contributed by atoms with E-state index in [1.807, 2.05) is 6.07 Å². The first kappa shape index (κ1) is 10.2. The Bertz CT molecular complexity index is 633. The Balaban J connectivity index is 2.83. The van der Waals surface area contributed by atoms with Gasteiger partial charge < -0.3 is 4.74 Å². The third kappa shape index (κ3) is 1.42. The lowest BCUT2D eigenvalue weighted by atomic mass is 10.3. The fraction of sp³-hybridized carbons (Fsp3) is 0.300. The van der Waals surface area contributed by atoms with Crippen LogP contribution in [0.2, 0.25) is 0 Å². The summed E-state index contributed by atoms with van der Waals surface area (Å²) in [5.74, 6) is 0.278. The lowest BCUT2D eigenvalue weighted by Gasteiger charge is -1.96. The monoisotopic (exact) mass is 218 g/mol. The van der Waals surface area contributed by atoms with E-state index in [0.29, 0.717) is 17.9 Å². The number of aromatic nitrogens is 3. The lowest BCUT2D eigenvalue weighted by Crippen LogP contribution is -2.14. The summed E-state index contributed by atoms with van der Waals surface area (Å²) in [4.78, 5) is 15.8. The Morgan fingerprint density at radius 1 is 1.69 bits per heavy atom. The van der Waals surface area contributed by atoms with Gasteiger partial charge >= 0.3 is 0 Å². The van der Waals surface area contributed by atoms with Gasteiger partial charge in [-0.2, -0.15) is 9.78 Å². The number of aryl methyl sites for hydroxylation is 1. The minimum Gasteiger partial charge on any atom is -0.477 e. The van der Waals surface area contributed by atoms with E-state index in [1.54, 1.807) is 13.8 Å². The molecule has 0 spiro atoms. The summed E-state index contributed by atoms with van der Waals surface area (Å²) in [6.45, 7) is 3.92. The summed E-state index contributed by atoms with van der Waals surface area (Å²) in [7, 11) is 0. The number of fused-ring (bicyclic) bond motifs is 1. The molecule has 1 N–H and O–H groups in total. The third-order valence-corrected chi connectivity index (χ3v) is 2.11. The first-order chi connectivity index (χ1) is 7.67. The van der Waals surface area contributed by atoms with E-state index in [4.69, 9.17) is 10.00 Å². The highest BCUT2D eigenvalue weighted by Gasteiger charge is 2.14. The number of nitriles is 1. The molecule has 82 valence electrons. The number of nitrogens with zero attached hydrogens (tertiary/aromatic N) is 3. The molecule has 0 aromatic carbocycles. The zero-order valence-electron chi connectivity index (χ0n) is 8.94. The molecule has 0 bridgehead atoms. The van der Waals surface area contributed by atoms with Crippen molar-refractivity contribution in [3.05, 3.63) is 27.7 Å². The van der Waals surface area contributed by atoms with Gasteiger partial charge in [-0.3, -0.25) is 9.89 Å². The van der Waals surface area contributed by atoms with Gasteiger partial charge in [0.1, 0.15) is 6.07 Å². The van der Waals surface area contributed by atoms with Gasteiger partial charge in [0.25, 0.3) is 5.56 Å². The lowest BCUT2D eigenvalue weighted by molar-refractivity contribution is 0.324. The zero-order valence-corrected chi connectivity index (χ0v) is 8.94. The number of rotatable bonds is 2. The van der Waals surface area contributed by atoms with Crippen molar-refractivity contribution in [1.82, 2.24) is 14.6 Å². The van der Waals surface area contributed by atoms with E-state index < -0.39 is 0 Å². The van der Waals surface area contributed by atoms with Gasteiger partial charge in [-0.1, -0.05) is 0 Å². The van der Waals surface area contributed by atoms with Crippen LogP contribution in [-0.2, 0) is 0 Å². The van der Waals surface area contributed by atoms with Crippen molar-refractivity contribution < 1.29 is 4.74 Å². The van der Waals surface area contributed by atoms with Crippen LogP contribution in [0.15, 0.2) is 10.9 Å². The molecule has 0 aliphatic carbocycles. The number of hydrogen-bond acceptors (Lipinski definition) is 4. The second kappa shape index (κ2) is 3.70. The maximum Gasteiger partial charge on any atom is 0.273 e. The Hall–Kier alpha value is -2.29. The van der Waals surface area contributed by atoms with Crippen molar-refractivity contribution in [3.63, 3.8) is 0 Å². The van der Waals surface area contributed by atoms with Gasteiger partial charge in [0.15, 0.2) is 11.2 Å². The quantitative estimate of drug-likeness (QED) is 0.800. The van der Waals surface area contributed by atoms with E-state index in [1.165, 1.54) is 10.6 Å². The summed E-state index contributed by atoms with van der Waals surface area (Å²) in [5.41, 5.74) is 0.868. The fourth-order valence-electron chi connectivity index (χ4n) is 1.48. The first-order valence-corrected chi connectivity index (χ1v) is 4.82. The molecule has 0 amide bonds. The molecule has 2 rings (SSSR count). The van der Waals surface area contributed by atoms with Crippen LogP contribution >= 0.6 is 0 Å². The van der Waals surface area contributed by atoms with Crippen LogP contribution in [0.1, 0.15) is 18.2 Å². The van der Waals surface area contributed by atoms with Crippen LogP contribution in [0.3, 0.4) is 0 Å². The van der Waals surface area contributed by atoms with Crippen LogP contribution < -0.4 is 10.3 Å². The fourth-order valence-corrected chi connectivity index (χ4v) is 1.48. The molecular weight excluding hydrogens is 208 g/mol. The molecule has 0 unspecified atom stereocenters. The van der Waals surface area contributed by atoms with Gasteiger partial charge in [0.2, 0.25) is 5.88 Å². The van der Waals surface area contributed by atoms with Crippen LogP contribution in [0.25, 0.3) is 5.65 Å². The van der Waals surface area contributed by atoms with Crippen molar-refractivity contribution >= 4 is 5.65 Å². The predicted molar refractivity (Wildman–Crippen MR) is 56.4 cm³/mol. The standard InChI is InChI=1S/C10H10N4O2/c1-3-16-10-7(5-11)9-12-6(2)4-8(15)14(9)13-10/h4,13H,3H2,1-2H3. The van der Waals surface area contributed by atoms with Crippen molar-refractivity contribution in [2.24, 2.45) is 0 Å². The first-order valence-electron chi connectivity index (χ1n) is 4.82. The van der Waals surface area contributed by atoms with E-state index in [0.717, 1.165) is 0 Å². The molecule has 0 fully saturated rings. The molecule has 2 heterocycles. The van der Waals surface area contributed by atoms with E-state index in [-0.39, 0.29) is 17.0 Å². The molecule has 0 saturated heterocycles. The molecule has 0 radical (unpaired) electrons. The number of hydrogen-bond donors (Lipinski definition) is 1. The van der Waals surface area contributed by atoms with Crippen LogP contribution in [0.5, 0.6) is 5.88 Å². The van der Waals surface area contributed by atoms with Gasteiger partial charge in [-0.05, 0) is 13.8 Å². The second-order valence-corrected chi connectivity index (χ2v) is 3.26. The molecule has 6 nitrogen and oxygen atoms in total. The second-order valence-electron chi connectivity index (χ2n) is 3.26. The highest BCUT2D eigenvalue weighted by Crippen LogP contribution is 2.18. The minimum atomic E-state index is -0.259. The predicted octanol–water partition coefficient (Wildman–Crippen LogP) is 0.601. The highest BCUT2D eigenvalue weighted by atomic mass is 16.5. The van der Waals surface area contributed by atoms with Crippen molar-refractivity contribution in [2.45, 2.75) is 13.8 Å².